The number of nitrogens with one attached hydrogen (secondary N) is 1. The third kappa shape index (κ3) is 4.75. The molecular weight excluding hydrogens is 240 g/mol. The maximum absolute atomic E-state index is 11.9. The molecule has 0 saturated carbocycles. The molecule has 0 atom stereocenters. The minimum Gasteiger partial charge on any atom is -0.496 e. The SMILES string of the molecule is C=CCNCC(=O)N(C)Cc1cc(C)ccc1OC. The van der Waals surface area contributed by atoms with E-state index in [1.807, 2.05) is 25.1 Å². The van der Waals surface area contributed by atoms with Gasteiger partial charge in [-0.3, -0.25) is 4.79 Å². The number of aryl methyl sites for hydroxylation is 1. The average molecular weight is 262 g/mol. The number of carbonyl (C=O) groups is 1. The van der Waals surface area contributed by atoms with Crippen LogP contribution >= 0.6 is 0 Å². The number of benzene rings is 1. The summed E-state index contributed by atoms with van der Waals surface area (Å²) in [6.45, 7) is 7.11. The van der Waals surface area contributed by atoms with Gasteiger partial charge in [0, 0.05) is 25.7 Å². The number of carbonyl (C=O) groups excluding carboxylic acids is 1. The van der Waals surface area contributed by atoms with E-state index in [2.05, 4.69) is 11.9 Å². The summed E-state index contributed by atoms with van der Waals surface area (Å²) in [5.41, 5.74) is 2.17. The van der Waals surface area contributed by atoms with Crippen molar-refractivity contribution in [2.45, 2.75) is 13.5 Å². The van der Waals surface area contributed by atoms with Gasteiger partial charge < -0.3 is 15.0 Å². The Morgan fingerprint density at radius 1 is 1.53 bits per heavy atom. The Hall–Kier alpha value is -1.81. The molecule has 0 saturated heterocycles. The molecule has 1 aromatic carbocycles. The number of hydrogen-bond donors (Lipinski definition) is 1. The van der Waals surface area contributed by atoms with E-state index in [-0.39, 0.29) is 5.91 Å². The summed E-state index contributed by atoms with van der Waals surface area (Å²) < 4.78 is 5.31. The third-order valence-corrected chi connectivity index (χ3v) is 2.83. The first-order chi connectivity index (χ1) is 9.08. The molecule has 0 spiro atoms. The zero-order valence-corrected chi connectivity index (χ0v) is 11.9. The smallest absolute Gasteiger partial charge is 0.236 e. The zero-order chi connectivity index (χ0) is 14.3. The van der Waals surface area contributed by atoms with Crippen LogP contribution in [0.1, 0.15) is 11.1 Å². The van der Waals surface area contributed by atoms with Crippen molar-refractivity contribution in [3.05, 3.63) is 42.0 Å². The number of hydrogen-bond acceptors (Lipinski definition) is 3. The van der Waals surface area contributed by atoms with Crippen LogP contribution in [0.4, 0.5) is 0 Å². The fourth-order valence-corrected chi connectivity index (χ4v) is 1.79. The van der Waals surface area contributed by atoms with Crippen LogP contribution in [0.5, 0.6) is 5.75 Å². The molecule has 1 rings (SSSR count). The van der Waals surface area contributed by atoms with Crippen molar-refractivity contribution in [1.29, 1.82) is 0 Å². The highest BCUT2D eigenvalue weighted by Gasteiger charge is 2.11. The maximum Gasteiger partial charge on any atom is 0.236 e. The lowest BCUT2D eigenvalue weighted by Gasteiger charge is -2.19. The molecule has 0 aliphatic heterocycles. The van der Waals surface area contributed by atoms with Gasteiger partial charge in [0.05, 0.1) is 13.7 Å². The lowest BCUT2D eigenvalue weighted by Crippen LogP contribution is -2.35. The Morgan fingerprint density at radius 3 is 2.89 bits per heavy atom. The van der Waals surface area contributed by atoms with Gasteiger partial charge in [0.1, 0.15) is 5.75 Å². The van der Waals surface area contributed by atoms with Gasteiger partial charge in [-0.2, -0.15) is 0 Å². The lowest BCUT2D eigenvalue weighted by atomic mass is 10.1. The molecule has 0 aromatic heterocycles. The number of ether oxygens (including phenoxy) is 1. The molecule has 104 valence electrons. The first kappa shape index (κ1) is 15.2. The van der Waals surface area contributed by atoms with Gasteiger partial charge in [0.2, 0.25) is 5.91 Å². The van der Waals surface area contributed by atoms with Gasteiger partial charge >= 0.3 is 0 Å². The van der Waals surface area contributed by atoms with Crippen LogP contribution in [-0.4, -0.2) is 38.1 Å². The molecule has 0 bridgehead atoms. The summed E-state index contributed by atoms with van der Waals surface area (Å²) in [4.78, 5) is 13.6. The standard InChI is InChI=1S/C15H22N2O2/c1-5-8-16-10-15(18)17(3)11-13-9-12(2)6-7-14(13)19-4/h5-7,9,16H,1,8,10-11H2,2-4H3. The molecule has 0 heterocycles. The summed E-state index contributed by atoms with van der Waals surface area (Å²) in [6.07, 6.45) is 1.73. The van der Waals surface area contributed by atoms with E-state index in [4.69, 9.17) is 4.74 Å². The molecule has 0 unspecified atom stereocenters. The summed E-state index contributed by atoms with van der Waals surface area (Å²) in [5.74, 6) is 0.856. The van der Waals surface area contributed by atoms with Gasteiger partial charge in [-0.25, -0.2) is 0 Å². The van der Waals surface area contributed by atoms with Crippen LogP contribution in [0.2, 0.25) is 0 Å². The highest BCUT2D eigenvalue weighted by Crippen LogP contribution is 2.20. The fourth-order valence-electron chi connectivity index (χ4n) is 1.79. The highest BCUT2D eigenvalue weighted by molar-refractivity contribution is 5.78. The molecule has 0 aliphatic carbocycles. The van der Waals surface area contributed by atoms with Crippen molar-refractivity contribution >= 4 is 5.91 Å². The maximum atomic E-state index is 11.9. The van der Waals surface area contributed by atoms with Crippen LogP contribution in [0, 0.1) is 6.92 Å². The molecule has 0 aliphatic rings. The van der Waals surface area contributed by atoms with E-state index in [1.165, 1.54) is 0 Å². The summed E-state index contributed by atoms with van der Waals surface area (Å²) in [5, 5.41) is 3.00. The van der Waals surface area contributed by atoms with Crippen LogP contribution in [0.15, 0.2) is 30.9 Å². The molecule has 4 heteroatoms. The van der Waals surface area contributed by atoms with E-state index in [1.54, 1.807) is 25.1 Å². The van der Waals surface area contributed by atoms with E-state index >= 15 is 0 Å². The summed E-state index contributed by atoms with van der Waals surface area (Å²) in [7, 11) is 3.43. The van der Waals surface area contributed by atoms with Crippen LogP contribution in [-0.2, 0) is 11.3 Å². The number of nitrogens with zero attached hydrogens (tertiary/aromatic N) is 1. The Morgan fingerprint density at radius 2 is 2.26 bits per heavy atom. The Labute approximate surface area is 115 Å². The van der Waals surface area contributed by atoms with Gasteiger partial charge in [-0.1, -0.05) is 23.8 Å². The normalized spacial score (nSPS) is 10.1. The molecule has 1 aromatic rings. The van der Waals surface area contributed by atoms with Gasteiger partial charge in [0.15, 0.2) is 0 Å². The molecular formula is C15H22N2O2. The van der Waals surface area contributed by atoms with E-state index in [0.29, 0.717) is 19.6 Å². The quantitative estimate of drug-likeness (QED) is 0.601. The first-order valence-corrected chi connectivity index (χ1v) is 6.27. The predicted octanol–water partition coefficient (Wildman–Crippen LogP) is 1.74. The zero-order valence-electron chi connectivity index (χ0n) is 11.9. The summed E-state index contributed by atoms with van der Waals surface area (Å²) >= 11 is 0. The fraction of sp³-hybridized carbons (Fsp3) is 0.400. The largest absolute Gasteiger partial charge is 0.496 e. The minimum absolute atomic E-state index is 0.0467. The second kappa shape index (κ2) is 7.59. The monoisotopic (exact) mass is 262 g/mol. The van der Waals surface area contributed by atoms with E-state index < -0.39 is 0 Å². The van der Waals surface area contributed by atoms with Crippen molar-refractivity contribution in [1.82, 2.24) is 10.2 Å². The molecule has 4 nitrogen and oxygen atoms in total. The second-order valence-electron chi connectivity index (χ2n) is 4.48. The number of methoxy groups -OCH3 is 1. The minimum atomic E-state index is 0.0467. The van der Waals surface area contributed by atoms with Crippen LogP contribution in [0.25, 0.3) is 0 Å². The van der Waals surface area contributed by atoms with Gasteiger partial charge in [-0.05, 0) is 13.0 Å². The molecule has 0 radical (unpaired) electrons. The third-order valence-electron chi connectivity index (χ3n) is 2.83. The second-order valence-corrected chi connectivity index (χ2v) is 4.48. The number of rotatable bonds is 7. The molecule has 0 fully saturated rings. The lowest BCUT2D eigenvalue weighted by molar-refractivity contribution is -0.129. The molecule has 1 N–H and O–H groups in total. The van der Waals surface area contributed by atoms with Crippen molar-refractivity contribution in [2.75, 3.05) is 27.2 Å². The van der Waals surface area contributed by atoms with Crippen molar-refractivity contribution < 1.29 is 9.53 Å². The van der Waals surface area contributed by atoms with Crippen molar-refractivity contribution in [2.24, 2.45) is 0 Å². The van der Waals surface area contributed by atoms with Crippen LogP contribution < -0.4 is 10.1 Å². The average Bonchev–Trinajstić information content (AvgIpc) is 2.39. The topological polar surface area (TPSA) is 41.6 Å². The predicted molar refractivity (Wildman–Crippen MR) is 77.3 cm³/mol. The molecule has 1 amide bonds. The van der Waals surface area contributed by atoms with Crippen LogP contribution in [0.3, 0.4) is 0 Å². The first-order valence-electron chi connectivity index (χ1n) is 6.27. The summed E-state index contributed by atoms with van der Waals surface area (Å²) in [6, 6.07) is 5.97. The Balaban J connectivity index is 2.65. The number of amides is 1. The van der Waals surface area contributed by atoms with E-state index in [0.717, 1.165) is 16.9 Å². The molecule has 19 heavy (non-hydrogen) atoms. The Kier molecular flexibility index (Phi) is 6.09. The van der Waals surface area contributed by atoms with Gasteiger partial charge in [0.25, 0.3) is 0 Å². The number of likely N-dealkylation sites (N-methyl/N-ethyl adjacent to an activating group) is 1. The van der Waals surface area contributed by atoms with Crippen molar-refractivity contribution in [3.8, 4) is 5.75 Å². The Bertz CT molecular complexity index is 444. The van der Waals surface area contributed by atoms with Crippen molar-refractivity contribution in [3.63, 3.8) is 0 Å². The van der Waals surface area contributed by atoms with Gasteiger partial charge in [-0.15, -0.1) is 6.58 Å². The highest BCUT2D eigenvalue weighted by atomic mass is 16.5. The van der Waals surface area contributed by atoms with E-state index in [9.17, 15) is 4.79 Å².